The third kappa shape index (κ3) is 3.66. The number of likely N-dealkylation sites (tertiary alicyclic amines) is 1. The zero-order valence-corrected chi connectivity index (χ0v) is 15.3. The first-order valence-corrected chi connectivity index (χ1v) is 9.22. The number of aryl methyl sites for hydroxylation is 1. The first kappa shape index (κ1) is 17.5. The summed E-state index contributed by atoms with van der Waals surface area (Å²) in [6, 6.07) is 10.7. The van der Waals surface area contributed by atoms with Gasteiger partial charge in [-0.05, 0) is 37.6 Å². The second-order valence-electron chi connectivity index (χ2n) is 7.12. The number of carbonyl (C=O) groups is 1. The van der Waals surface area contributed by atoms with E-state index in [1.165, 1.54) is 12.1 Å². The SMILES string of the molecule is Cn1cncc1C1CCCN(Cc2ccc(-c3ccccc3C(=O)O)o2)C1. The number of furan rings is 1. The lowest BCUT2D eigenvalue weighted by atomic mass is 9.95. The standard InChI is InChI=1S/C21H23N3O3/c1-23-14-22-11-19(23)15-5-4-10-24(12-15)13-16-8-9-20(27-16)17-6-2-3-7-18(17)21(25)26/h2-3,6-9,11,14-15H,4-5,10,12-13H2,1H3,(H,25,26). The summed E-state index contributed by atoms with van der Waals surface area (Å²) in [5.74, 6) is 0.992. The Morgan fingerprint density at radius 2 is 2.15 bits per heavy atom. The molecule has 6 heteroatoms. The molecule has 2 aromatic heterocycles. The van der Waals surface area contributed by atoms with Crippen molar-refractivity contribution < 1.29 is 14.3 Å². The molecule has 1 fully saturated rings. The fourth-order valence-corrected chi connectivity index (χ4v) is 3.91. The predicted octanol–water partition coefficient (Wildman–Crippen LogP) is 3.76. The molecule has 1 aromatic carbocycles. The van der Waals surface area contributed by atoms with E-state index < -0.39 is 5.97 Å². The molecule has 1 N–H and O–H groups in total. The number of hydrogen-bond donors (Lipinski definition) is 1. The van der Waals surface area contributed by atoms with Crippen molar-refractivity contribution in [3.63, 3.8) is 0 Å². The number of hydrogen-bond acceptors (Lipinski definition) is 4. The highest BCUT2D eigenvalue weighted by atomic mass is 16.4. The van der Waals surface area contributed by atoms with Crippen molar-refractivity contribution in [2.75, 3.05) is 13.1 Å². The number of nitrogens with zero attached hydrogens (tertiary/aromatic N) is 3. The van der Waals surface area contributed by atoms with Gasteiger partial charge in [0, 0.05) is 37.0 Å². The molecule has 1 unspecified atom stereocenters. The van der Waals surface area contributed by atoms with E-state index in [1.54, 1.807) is 18.2 Å². The molecule has 140 valence electrons. The maximum absolute atomic E-state index is 11.4. The lowest BCUT2D eigenvalue weighted by Crippen LogP contribution is -2.34. The van der Waals surface area contributed by atoms with Crippen molar-refractivity contribution in [1.82, 2.24) is 14.5 Å². The smallest absolute Gasteiger partial charge is 0.336 e. The minimum Gasteiger partial charge on any atom is -0.478 e. The van der Waals surface area contributed by atoms with Crippen LogP contribution in [0.25, 0.3) is 11.3 Å². The topological polar surface area (TPSA) is 71.5 Å². The highest BCUT2D eigenvalue weighted by Crippen LogP contribution is 2.29. The van der Waals surface area contributed by atoms with Crippen LogP contribution in [0, 0.1) is 0 Å². The van der Waals surface area contributed by atoms with Gasteiger partial charge in [0.1, 0.15) is 11.5 Å². The van der Waals surface area contributed by atoms with Crippen LogP contribution in [-0.4, -0.2) is 38.6 Å². The maximum atomic E-state index is 11.4. The van der Waals surface area contributed by atoms with Crippen LogP contribution in [0.2, 0.25) is 0 Å². The molecule has 3 aromatic rings. The molecular weight excluding hydrogens is 342 g/mol. The summed E-state index contributed by atoms with van der Waals surface area (Å²) in [4.78, 5) is 18.1. The van der Waals surface area contributed by atoms with Crippen molar-refractivity contribution in [3.8, 4) is 11.3 Å². The van der Waals surface area contributed by atoms with E-state index >= 15 is 0 Å². The Hall–Kier alpha value is -2.86. The van der Waals surface area contributed by atoms with Crippen molar-refractivity contribution in [1.29, 1.82) is 0 Å². The summed E-state index contributed by atoms with van der Waals surface area (Å²) >= 11 is 0. The summed E-state index contributed by atoms with van der Waals surface area (Å²) in [6.07, 6.45) is 6.13. The number of benzene rings is 1. The van der Waals surface area contributed by atoms with Crippen LogP contribution in [0.4, 0.5) is 0 Å². The van der Waals surface area contributed by atoms with Crippen LogP contribution >= 0.6 is 0 Å². The lowest BCUT2D eigenvalue weighted by Gasteiger charge is -2.32. The van der Waals surface area contributed by atoms with Crippen LogP contribution < -0.4 is 0 Å². The van der Waals surface area contributed by atoms with Gasteiger partial charge in [-0.25, -0.2) is 9.78 Å². The molecule has 0 aliphatic carbocycles. The summed E-state index contributed by atoms with van der Waals surface area (Å²) in [5.41, 5.74) is 2.14. The Morgan fingerprint density at radius 3 is 2.93 bits per heavy atom. The molecule has 27 heavy (non-hydrogen) atoms. The van der Waals surface area contributed by atoms with Crippen molar-refractivity contribution in [2.24, 2.45) is 7.05 Å². The third-order valence-electron chi connectivity index (χ3n) is 5.24. The highest BCUT2D eigenvalue weighted by Gasteiger charge is 2.24. The monoisotopic (exact) mass is 365 g/mol. The van der Waals surface area contributed by atoms with Gasteiger partial charge in [0.25, 0.3) is 0 Å². The van der Waals surface area contributed by atoms with E-state index in [0.717, 1.165) is 31.8 Å². The molecule has 1 aliphatic heterocycles. The number of imidazole rings is 1. The van der Waals surface area contributed by atoms with Crippen LogP contribution in [-0.2, 0) is 13.6 Å². The van der Waals surface area contributed by atoms with E-state index in [2.05, 4.69) is 14.5 Å². The first-order valence-electron chi connectivity index (χ1n) is 9.22. The summed E-state index contributed by atoms with van der Waals surface area (Å²) < 4.78 is 8.09. The van der Waals surface area contributed by atoms with Gasteiger partial charge in [-0.15, -0.1) is 0 Å². The van der Waals surface area contributed by atoms with E-state index in [9.17, 15) is 9.90 Å². The number of rotatable bonds is 5. The average molecular weight is 365 g/mol. The minimum absolute atomic E-state index is 0.257. The lowest BCUT2D eigenvalue weighted by molar-refractivity contribution is 0.0697. The Bertz CT molecular complexity index is 944. The zero-order chi connectivity index (χ0) is 18.8. The molecule has 1 aliphatic rings. The van der Waals surface area contributed by atoms with Gasteiger partial charge in [-0.3, -0.25) is 4.90 Å². The van der Waals surface area contributed by atoms with Crippen molar-refractivity contribution in [2.45, 2.75) is 25.3 Å². The normalized spacial score (nSPS) is 17.9. The van der Waals surface area contributed by atoms with E-state index in [4.69, 9.17) is 4.42 Å². The van der Waals surface area contributed by atoms with Gasteiger partial charge < -0.3 is 14.1 Å². The molecular formula is C21H23N3O3. The van der Waals surface area contributed by atoms with E-state index in [0.29, 0.717) is 17.2 Å². The Kier molecular flexibility index (Phi) is 4.81. The summed E-state index contributed by atoms with van der Waals surface area (Å²) in [7, 11) is 2.04. The van der Waals surface area contributed by atoms with Gasteiger partial charge in [-0.1, -0.05) is 18.2 Å². The first-order chi connectivity index (χ1) is 13.1. The number of aromatic carboxylic acids is 1. The number of aromatic nitrogens is 2. The van der Waals surface area contributed by atoms with Gasteiger partial charge >= 0.3 is 5.97 Å². The third-order valence-corrected chi connectivity index (χ3v) is 5.24. The fraction of sp³-hybridized carbons (Fsp3) is 0.333. The van der Waals surface area contributed by atoms with Gasteiger partial charge in [0.2, 0.25) is 0 Å². The van der Waals surface area contributed by atoms with Gasteiger partial charge in [0.05, 0.1) is 18.4 Å². The molecule has 1 saturated heterocycles. The molecule has 0 saturated carbocycles. The second-order valence-corrected chi connectivity index (χ2v) is 7.12. The van der Waals surface area contributed by atoms with Crippen LogP contribution in [0.3, 0.4) is 0 Å². The largest absolute Gasteiger partial charge is 0.478 e. The number of carboxylic acid groups (broad SMARTS) is 1. The maximum Gasteiger partial charge on any atom is 0.336 e. The molecule has 0 bridgehead atoms. The van der Waals surface area contributed by atoms with Crippen molar-refractivity contribution in [3.05, 3.63) is 65.9 Å². The van der Waals surface area contributed by atoms with Crippen molar-refractivity contribution >= 4 is 5.97 Å². The van der Waals surface area contributed by atoms with Gasteiger partial charge in [-0.2, -0.15) is 0 Å². The molecule has 3 heterocycles. The molecule has 0 radical (unpaired) electrons. The Morgan fingerprint density at radius 1 is 1.30 bits per heavy atom. The minimum atomic E-state index is -0.946. The van der Waals surface area contributed by atoms with E-state index in [1.807, 2.05) is 37.8 Å². The molecule has 0 spiro atoms. The van der Waals surface area contributed by atoms with Gasteiger partial charge in [0.15, 0.2) is 0 Å². The average Bonchev–Trinajstić information content (AvgIpc) is 3.31. The van der Waals surface area contributed by atoms with Crippen LogP contribution in [0.5, 0.6) is 0 Å². The van der Waals surface area contributed by atoms with Crippen LogP contribution in [0.1, 0.15) is 40.6 Å². The quantitative estimate of drug-likeness (QED) is 0.745. The Labute approximate surface area is 158 Å². The number of piperidine rings is 1. The highest BCUT2D eigenvalue weighted by molar-refractivity contribution is 5.95. The van der Waals surface area contributed by atoms with E-state index in [-0.39, 0.29) is 5.56 Å². The molecule has 1 atom stereocenters. The zero-order valence-electron chi connectivity index (χ0n) is 15.3. The second kappa shape index (κ2) is 7.40. The summed E-state index contributed by atoms with van der Waals surface area (Å²) in [6.45, 7) is 2.74. The predicted molar refractivity (Wildman–Crippen MR) is 102 cm³/mol. The Balaban J connectivity index is 1.48. The molecule has 4 rings (SSSR count). The molecule has 6 nitrogen and oxygen atoms in total. The molecule has 0 amide bonds. The summed E-state index contributed by atoms with van der Waals surface area (Å²) in [5, 5.41) is 9.38. The number of carboxylic acids is 1. The fourth-order valence-electron chi connectivity index (χ4n) is 3.91. The van der Waals surface area contributed by atoms with Crippen LogP contribution in [0.15, 0.2) is 53.3 Å².